The van der Waals surface area contributed by atoms with E-state index in [9.17, 15) is 14.9 Å². The molecule has 0 radical (unpaired) electrons. The Morgan fingerprint density at radius 3 is 2.64 bits per heavy atom. The summed E-state index contributed by atoms with van der Waals surface area (Å²) in [4.78, 5) is 22.3. The van der Waals surface area contributed by atoms with Gasteiger partial charge in [0.1, 0.15) is 5.75 Å². The van der Waals surface area contributed by atoms with Crippen LogP contribution in [-0.4, -0.2) is 31.1 Å². The van der Waals surface area contributed by atoms with Gasteiger partial charge >= 0.3 is 5.69 Å². The zero-order valence-corrected chi connectivity index (χ0v) is 13.9. The second-order valence-electron chi connectivity index (χ2n) is 5.32. The predicted octanol–water partition coefficient (Wildman–Crippen LogP) is 2.73. The summed E-state index contributed by atoms with van der Waals surface area (Å²) in [6, 6.07) is 14.2. The third kappa shape index (κ3) is 5.80. The highest BCUT2D eigenvalue weighted by molar-refractivity contribution is 5.77. The Kier molecular flexibility index (Phi) is 6.76. The average molecular weight is 344 g/mol. The summed E-state index contributed by atoms with van der Waals surface area (Å²) < 4.78 is 10.2. The molecular weight excluding hydrogens is 324 g/mol. The minimum absolute atomic E-state index is 0.0326. The van der Waals surface area contributed by atoms with E-state index in [1.807, 2.05) is 30.3 Å². The summed E-state index contributed by atoms with van der Waals surface area (Å²) in [6.45, 7) is 0.236. The second-order valence-corrected chi connectivity index (χ2v) is 5.32. The fraction of sp³-hybridized carbons (Fsp3) is 0.278. The summed E-state index contributed by atoms with van der Waals surface area (Å²) >= 11 is 0. The minimum atomic E-state index is -0.574. The number of amides is 1. The van der Waals surface area contributed by atoms with Crippen molar-refractivity contribution in [1.29, 1.82) is 0 Å². The number of nitrogens with one attached hydrogen (secondary N) is 1. The van der Waals surface area contributed by atoms with Crippen molar-refractivity contribution in [1.82, 2.24) is 5.32 Å². The van der Waals surface area contributed by atoms with E-state index < -0.39 is 4.92 Å². The van der Waals surface area contributed by atoms with E-state index in [4.69, 9.17) is 9.47 Å². The molecule has 25 heavy (non-hydrogen) atoms. The number of nitro benzene ring substituents is 1. The summed E-state index contributed by atoms with van der Waals surface area (Å²) in [5, 5.41) is 13.8. The monoisotopic (exact) mass is 344 g/mol. The third-order valence-electron chi connectivity index (χ3n) is 3.53. The highest BCUT2D eigenvalue weighted by Crippen LogP contribution is 2.30. The van der Waals surface area contributed by atoms with Crippen LogP contribution in [0.1, 0.15) is 12.0 Å². The average Bonchev–Trinajstić information content (AvgIpc) is 2.64. The summed E-state index contributed by atoms with van der Waals surface area (Å²) in [6.07, 6.45) is 1.67. The number of ether oxygens (including phenoxy) is 2. The molecule has 0 saturated heterocycles. The van der Waals surface area contributed by atoms with E-state index >= 15 is 0 Å². The molecule has 0 aliphatic carbocycles. The smallest absolute Gasteiger partial charge is 0.314 e. The largest absolute Gasteiger partial charge is 0.496 e. The Bertz CT molecular complexity index is 719. The fourth-order valence-electron chi connectivity index (χ4n) is 2.25. The lowest BCUT2D eigenvalue weighted by atomic mass is 10.1. The van der Waals surface area contributed by atoms with Gasteiger partial charge in [-0.25, -0.2) is 0 Å². The molecule has 0 aliphatic rings. The molecular formula is C18H20N2O5. The highest BCUT2D eigenvalue weighted by atomic mass is 16.6. The van der Waals surface area contributed by atoms with Crippen molar-refractivity contribution in [3.05, 3.63) is 64.2 Å². The van der Waals surface area contributed by atoms with E-state index in [1.54, 1.807) is 6.07 Å². The lowest BCUT2D eigenvalue weighted by Gasteiger charge is -2.09. The zero-order chi connectivity index (χ0) is 18.1. The number of carbonyl (C=O) groups excluding carboxylic acids is 1. The van der Waals surface area contributed by atoms with Gasteiger partial charge in [-0.05, 0) is 30.5 Å². The van der Waals surface area contributed by atoms with Gasteiger partial charge in [-0.15, -0.1) is 0 Å². The molecule has 7 nitrogen and oxygen atoms in total. The summed E-state index contributed by atoms with van der Waals surface area (Å²) in [7, 11) is 1.42. The maximum absolute atomic E-state index is 11.8. The van der Waals surface area contributed by atoms with Crippen LogP contribution < -0.4 is 14.8 Å². The van der Waals surface area contributed by atoms with Crippen LogP contribution in [0.15, 0.2) is 48.5 Å². The maximum Gasteiger partial charge on any atom is 0.314 e. The highest BCUT2D eigenvalue weighted by Gasteiger charge is 2.17. The molecule has 7 heteroatoms. The first-order valence-electron chi connectivity index (χ1n) is 7.86. The fourth-order valence-corrected chi connectivity index (χ4v) is 2.25. The molecule has 1 amide bonds. The molecule has 0 bridgehead atoms. The topological polar surface area (TPSA) is 90.7 Å². The van der Waals surface area contributed by atoms with Crippen LogP contribution in [0.4, 0.5) is 5.69 Å². The number of rotatable bonds is 9. The van der Waals surface area contributed by atoms with Crippen LogP contribution in [0.25, 0.3) is 0 Å². The Hall–Kier alpha value is -3.09. The van der Waals surface area contributed by atoms with Gasteiger partial charge in [-0.1, -0.05) is 30.3 Å². The predicted molar refractivity (Wildman–Crippen MR) is 92.9 cm³/mol. The molecule has 2 aromatic carbocycles. The van der Waals surface area contributed by atoms with Crippen molar-refractivity contribution >= 4 is 11.6 Å². The molecule has 2 rings (SSSR count). The van der Waals surface area contributed by atoms with Crippen molar-refractivity contribution in [2.75, 3.05) is 20.3 Å². The van der Waals surface area contributed by atoms with Gasteiger partial charge in [0.15, 0.2) is 12.4 Å². The summed E-state index contributed by atoms with van der Waals surface area (Å²) in [5.41, 5.74) is 0.970. The SMILES string of the molecule is COc1ccc(OCC(=O)NCCCc2ccccc2)c([N+](=O)[O-])c1. The molecule has 0 saturated carbocycles. The number of nitrogens with zero attached hydrogens (tertiary/aromatic N) is 1. The van der Waals surface area contributed by atoms with Gasteiger partial charge in [0.2, 0.25) is 0 Å². The maximum atomic E-state index is 11.8. The number of hydrogen-bond donors (Lipinski definition) is 1. The van der Waals surface area contributed by atoms with Crippen LogP contribution in [-0.2, 0) is 11.2 Å². The lowest BCUT2D eigenvalue weighted by Crippen LogP contribution is -2.30. The van der Waals surface area contributed by atoms with Gasteiger partial charge in [-0.2, -0.15) is 0 Å². The number of methoxy groups -OCH3 is 1. The molecule has 2 aromatic rings. The van der Waals surface area contributed by atoms with Crippen LogP contribution in [0, 0.1) is 10.1 Å². The van der Waals surface area contributed by atoms with Gasteiger partial charge in [0.25, 0.3) is 5.91 Å². The van der Waals surface area contributed by atoms with E-state index in [-0.39, 0.29) is 24.0 Å². The van der Waals surface area contributed by atoms with Gasteiger partial charge in [0.05, 0.1) is 18.1 Å². The normalized spacial score (nSPS) is 10.1. The van der Waals surface area contributed by atoms with E-state index in [0.717, 1.165) is 12.8 Å². The van der Waals surface area contributed by atoms with E-state index in [2.05, 4.69) is 5.32 Å². The Balaban J connectivity index is 1.77. The van der Waals surface area contributed by atoms with Gasteiger partial charge in [-0.3, -0.25) is 14.9 Å². The van der Waals surface area contributed by atoms with Crippen molar-refractivity contribution < 1.29 is 19.2 Å². The van der Waals surface area contributed by atoms with Crippen LogP contribution in [0.2, 0.25) is 0 Å². The quantitative estimate of drug-likeness (QED) is 0.429. The van der Waals surface area contributed by atoms with E-state index in [0.29, 0.717) is 12.3 Å². The molecule has 0 aromatic heterocycles. The molecule has 0 heterocycles. The lowest BCUT2D eigenvalue weighted by molar-refractivity contribution is -0.385. The number of hydrogen-bond acceptors (Lipinski definition) is 5. The number of carbonyl (C=O) groups is 1. The standard InChI is InChI=1S/C18H20N2O5/c1-24-15-9-10-17(16(12-15)20(22)23)25-13-18(21)19-11-5-8-14-6-3-2-4-7-14/h2-4,6-7,9-10,12H,5,8,11,13H2,1H3,(H,19,21). The van der Waals surface area contributed by atoms with Crippen LogP contribution >= 0.6 is 0 Å². The molecule has 0 atom stereocenters. The molecule has 0 spiro atoms. The van der Waals surface area contributed by atoms with Crippen molar-refractivity contribution in [2.24, 2.45) is 0 Å². The van der Waals surface area contributed by atoms with Crippen molar-refractivity contribution in [3.8, 4) is 11.5 Å². The van der Waals surface area contributed by atoms with Crippen molar-refractivity contribution in [2.45, 2.75) is 12.8 Å². The van der Waals surface area contributed by atoms with E-state index in [1.165, 1.54) is 24.8 Å². The first kappa shape index (κ1) is 18.3. The second kappa shape index (κ2) is 9.27. The number of aryl methyl sites for hydroxylation is 1. The Morgan fingerprint density at radius 1 is 1.20 bits per heavy atom. The Labute approximate surface area is 145 Å². The molecule has 1 N–H and O–H groups in total. The van der Waals surface area contributed by atoms with Gasteiger partial charge in [0, 0.05) is 6.54 Å². The molecule has 132 valence electrons. The first-order chi connectivity index (χ1) is 12.1. The molecule has 0 aliphatic heterocycles. The van der Waals surface area contributed by atoms with Crippen molar-refractivity contribution in [3.63, 3.8) is 0 Å². The van der Waals surface area contributed by atoms with Gasteiger partial charge < -0.3 is 14.8 Å². The molecule has 0 fully saturated rings. The molecule has 0 unspecified atom stereocenters. The van der Waals surface area contributed by atoms with Crippen LogP contribution in [0.5, 0.6) is 11.5 Å². The Morgan fingerprint density at radius 2 is 1.96 bits per heavy atom. The summed E-state index contributed by atoms with van der Waals surface area (Å²) in [5.74, 6) is 0.0628. The zero-order valence-electron chi connectivity index (χ0n) is 13.9. The third-order valence-corrected chi connectivity index (χ3v) is 3.53. The number of benzene rings is 2. The minimum Gasteiger partial charge on any atom is -0.496 e. The first-order valence-corrected chi connectivity index (χ1v) is 7.86. The van der Waals surface area contributed by atoms with Crippen LogP contribution in [0.3, 0.4) is 0 Å². The number of nitro groups is 1.